The van der Waals surface area contributed by atoms with Crippen LogP contribution in [0.4, 0.5) is 10.1 Å². The van der Waals surface area contributed by atoms with Crippen LogP contribution in [-0.4, -0.2) is 25.2 Å². The fourth-order valence-electron chi connectivity index (χ4n) is 3.57. The third kappa shape index (κ3) is 3.68. The third-order valence-electron chi connectivity index (χ3n) is 4.98. The van der Waals surface area contributed by atoms with E-state index in [0.717, 1.165) is 23.5 Å². The summed E-state index contributed by atoms with van der Waals surface area (Å²) >= 11 is 0. The molecule has 0 atom stereocenters. The number of carbonyl (C=O) groups excluding carboxylic acids is 1. The number of hydrogen-bond donors (Lipinski definition) is 1. The fourth-order valence-corrected chi connectivity index (χ4v) is 3.57. The van der Waals surface area contributed by atoms with Crippen molar-refractivity contribution in [2.45, 2.75) is 45.7 Å². The minimum Gasteiger partial charge on any atom is -0.339 e. The first-order chi connectivity index (χ1) is 14.5. The van der Waals surface area contributed by atoms with Gasteiger partial charge >= 0.3 is 5.69 Å². The molecule has 0 saturated heterocycles. The van der Waals surface area contributed by atoms with Gasteiger partial charge in [-0.25, -0.2) is 9.18 Å². The van der Waals surface area contributed by atoms with Crippen LogP contribution < -0.4 is 16.6 Å². The Bertz CT molecular complexity index is 1230. The average molecular weight is 413 g/mol. The molecule has 0 fully saturated rings. The highest BCUT2D eigenvalue weighted by molar-refractivity contribution is 5.90. The Morgan fingerprint density at radius 1 is 1.30 bits per heavy atom. The van der Waals surface area contributed by atoms with E-state index in [1.807, 2.05) is 6.92 Å². The van der Waals surface area contributed by atoms with Crippen LogP contribution in [0.3, 0.4) is 0 Å². The molecule has 0 aliphatic carbocycles. The van der Waals surface area contributed by atoms with Gasteiger partial charge in [-0.05, 0) is 37.5 Å². The van der Waals surface area contributed by atoms with Crippen LogP contribution in [0, 0.1) is 5.82 Å². The van der Waals surface area contributed by atoms with Gasteiger partial charge in [-0.1, -0.05) is 18.1 Å². The Labute approximate surface area is 170 Å². The molecule has 0 bridgehead atoms. The fraction of sp³-hybridized carbons (Fsp3) is 0.350. The van der Waals surface area contributed by atoms with E-state index < -0.39 is 29.5 Å². The van der Waals surface area contributed by atoms with E-state index in [9.17, 15) is 18.8 Å². The summed E-state index contributed by atoms with van der Waals surface area (Å²) in [5, 5.41) is 6.40. The van der Waals surface area contributed by atoms with Crippen molar-refractivity contribution in [3.05, 3.63) is 62.5 Å². The van der Waals surface area contributed by atoms with Crippen molar-refractivity contribution < 1.29 is 13.7 Å². The highest BCUT2D eigenvalue weighted by Gasteiger charge is 2.26. The number of nitrogens with zero attached hydrogens (tertiary/aromatic N) is 4. The summed E-state index contributed by atoms with van der Waals surface area (Å²) in [6, 6.07) is 5.36. The van der Waals surface area contributed by atoms with Crippen molar-refractivity contribution in [2.24, 2.45) is 0 Å². The quantitative estimate of drug-likeness (QED) is 0.682. The Kier molecular flexibility index (Phi) is 5.30. The molecule has 1 aliphatic rings. The molecule has 2 aromatic heterocycles. The topological polar surface area (TPSA) is 112 Å². The lowest BCUT2D eigenvalue weighted by Gasteiger charge is -2.21. The third-order valence-corrected chi connectivity index (χ3v) is 4.98. The number of aromatic nitrogens is 4. The van der Waals surface area contributed by atoms with Crippen LogP contribution in [0.15, 0.2) is 38.4 Å². The molecule has 0 spiro atoms. The summed E-state index contributed by atoms with van der Waals surface area (Å²) in [6.45, 7) is 1.77. The van der Waals surface area contributed by atoms with Crippen molar-refractivity contribution in [3.8, 4) is 11.4 Å². The highest BCUT2D eigenvalue weighted by Crippen LogP contribution is 2.22. The first kappa shape index (κ1) is 19.7. The molecule has 1 aliphatic heterocycles. The van der Waals surface area contributed by atoms with Crippen molar-refractivity contribution in [3.63, 3.8) is 0 Å². The van der Waals surface area contributed by atoms with Crippen molar-refractivity contribution in [1.82, 2.24) is 19.3 Å². The molecule has 1 amide bonds. The number of nitrogens with one attached hydrogen (secondary N) is 1. The zero-order valence-corrected chi connectivity index (χ0v) is 16.4. The first-order valence-corrected chi connectivity index (χ1v) is 9.72. The summed E-state index contributed by atoms with van der Waals surface area (Å²) in [4.78, 5) is 42.9. The second-order valence-corrected chi connectivity index (χ2v) is 7.03. The molecular weight excluding hydrogens is 393 g/mol. The number of anilines is 1. The summed E-state index contributed by atoms with van der Waals surface area (Å²) in [5.41, 5.74) is -0.243. The van der Waals surface area contributed by atoms with Gasteiger partial charge in [0, 0.05) is 24.3 Å². The van der Waals surface area contributed by atoms with Crippen LogP contribution in [0.1, 0.15) is 31.4 Å². The maximum absolute atomic E-state index is 13.4. The van der Waals surface area contributed by atoms with Crippen LogP contribution in [0.25, 0.3) is 11.4 Å². The molecule has 3 heterocycles. The van der Waals surface area contributed by atoms with Gasteiger partial charge in [0.2, 0.25) is 17.6 Å². The average Bonchev–Trinajstić information content (AvgIpc) is 3.20. The van der Waals surface area contributed by atoms with Gasteiger partial charge in [-0.2, -0.15) is 4.98 Å². The SMILES string of the molecule is CCc1nc(-c2c3n(c(=O)n(CC(=O)Nc4cccc(F)c4)c2=O)CCCC3)no1. The smallest absolute Gasteiger partial charge is 0.331 e. The van der Waals surface area contributed by atoms with E-state index >= 15 is 0 Å². The molecule has 0 unspecified atom stereocenters. The number of benzene rings is 1. The van der Waals surface area contributed by atoms with E-state index in [0.29, 0.717) is 31.0 Å². The van der Waals surface area contributed by atoms with Gasteiger partial charge in [0.25, 0.3) is 5.56 Å². The summed E-state index contributed by atoms with van der Waals surface area (Å²) in [6.07, 6.45) is 2.65. The number of carbonyl (C=O) groups is 1. The Morgan fingerprint density at radius 2 is 2.13 bits per heavy atom. The van der Waals surface area contributed by atoms with Gasteiger partial charge in [0.05, 0.1) is 0 Å². The second kappa shape index (κ2) is 8.05. The van der Waals surface area contributed by atoms with E-state index in [1.54, 1.807) is 0 Å². The Balaban J connectivity index is 1.76. The number of halogens is 1. The molecule has 1 aromatic carbocycles. The maximum atomic E-state index is 13.4. The lowest BCUT2D eigenvalue weighted by atomic mass is 10.0. The van der Waals surface area contributed by atoms with Crippen LogP contribution >= 0.6 is 0 Å². The van der Waals surface area contributed by atoms with Gasteiger partial charge in [0.15, 0.2) is 0 Å². The predicted octanol–water partition coefficient (Wildman–Crippen LogP) is 1.74. The molecule has 1 N–H and O–H groups in total. The van der Waals surface area contributed by atoms with Crippen molar-refractivity contribution in [2.75, 3.05) is 5.32 Å². The predicted molar refractivity (Wildman–Crippen MR) is 106 cm³/mol. The van der Waals surface area contributed by atoms with Crippen LogP contribution in [0.5, 0.6) is 0 Å². The molecule has 9 nitrogen and oxygen atoms in total. The van der Waals surface area contributed by atoms with Crippen LogP contribution in [0.2, 0.25) is 0 Å². The zero-order valence-electron chi connectivity index (χ0n) is 16.4. The number of aryl methyl sites for hydroxylation is 1. The number of hydrogen-bond acceptors (Lipinski definition) is 6. The van der Waals surface area contributed by atoms with Gasteiger partial charge in [-0.3, -0.25) is 18.7 Å². The Morgan fingerprint density at radius 3 is 2.87 bits per heavy atom. The second-order valence-electron chi connectivity index (χ2n) is 7.03. The minimum absolute atomic E-state index is 0.113. The Hall–Kier alpha value is -3.56. The molecule has 4 rings (SSSR count). The molecule has 3 aromatic rings. The number of rotatable bonds is 5. The maximum Gasteiger partial charge on any atom is 0.331 e. The van der Waals surface area contributed by atoms with Gasteiger partial charge in [0.1, 0.15) is 17.9 Å². The molecule has 0 saturated carbocycles. The summed E-state index contributed by atoms with van der Waals surface area (Å²) in [5.74, 6) is -0.642. The normalized spacial score (nSPS) is 13.1. The van der Waals surface area contributed by atoms with E-state index in [2.05, 4.69) is 15.5 Å². The van der Waals surface area contributed by atoms with Crippen LogP contribution in [-0.2, 0) is 30.7 Å². The monoisotopic (exact) mass is 413 g/mol. The first-order valence-electron chi connectivity index (χ1n) is 9.72. The molecule has 156 valence electrons. The van der Waals surface area contributed by atoms with Gasteiger partial charge in [-0.15, -0.1) is 0 Å². The van der Waals surface area contributed by atoms with E-state index in [4.69, 9.17) is 4.52 Å². The number of amides is 1. The molecule has 30 heavy (non-hydrogen) atoms. The summed E-state index contributed by atoms with van der Waals surface area (Å²) in [7, 11) is 0. The molecule has 0 radical (unpaired) electrons. The largest absolute Gasteiger partial charge is 0.339 e. The summed E-state index contributed by atoms with van der Waals surface area (Å²) < 4.78 is 20.9. The molecular formula is C20H20FN5O4. The van der Waals surface area contributed by atoms with Crippen molar-refractivity contribution >= 4 is 11.6 Å². The van der Waals surface area contributed by atoms with Crippen molar-refractivity contribution in [1.29, 1.82) is 0 Å². The lowest BCUT2D eigenvalue weighted by molar-refractivity contribution is -0.116. The standard InChI is InChI=1S/C20H20FN5O4/c1-2-16-23-18(24-30-16)17-14-8-3-4-9-25(14)20(29)26(19(17)28)11-15(27)22-13-7-5-6-12(21)10-13/h5-7,10H,2-4,8-9,11H2,1H3,(H,22,27). The number of fused-ring (bicyclic) bond motifs is 1. The molecule has 10 heteroatoms. The van der Waals surface area contributed by atoms with Gasteiger partial charge < -0.3 is 9.84 Å². The highest BCUT2D eigenvalue weighted by atomic mass is 19.1. The minimum atomic E-state index is -0.647. The lowest BCUT2D eigenvalue weighted by Crippen LogP contribution is -2.45. The zero-order chi connectivity index (χ0) is 21.3. The van der Waals surface area contributed by atoms with E-state index in [-0.39, 0.29) is 17.1 Å². The van der Waals surface area contributed by atoms with E-state index in [1.165, 1.54) is 22.8 Å².